The minimum absolute atomic E-state index is 0.0169. The van der Waals surface area contributed by atoms with E-state index >= 15 is 0 Å². The number of amides is 3. The van der Waals surface area contributed by atoms with E-state index in [2.05, 4.69) is 5.32 Å². The Kier molecular flexibility index (Phi) is 6.12. The fraction of sp³-hybridized carbons (Fsp3) is 0.118. The van der Waals surface area contributed by atoms with Crippen LogP contribution >= 0.6 is 34.7 Å². The molecule has 0 atom stereocenters. The molecular formula is C17H12ClN3O5S2. The molecule has 0 spiro atoms. The van der Waals surface area contributed by atoms with E-state index in [0.717, 1.165) is 16.7 Å². The van der Waals surface area contributed by atoms with Gasteiger partial charge in [0, 0.05) is 19.2 Å². The molecule has 11 heteroatoms. The van der Waals surface area contributed by atoms with Crippen molar-refractivity contribution < 1.29 is 19.3 Å². The summed E-state index contributed by atoms with van der Waals surface area (Å²) >= 11 is 7.80. The van der Waals surface area contributed by atoms with Gasteiger partial charge in [0.1, 0.15) is 5.02 Å². The zero-order valence-electron chi connectivity index (χ0n) is 14.1. The molecule has 3 amide bonds. The molecule has 3 rings (SSSR count). The highest BCUT2D eigenvalue weighted by Crippen LogP contribution is 2.33. The number of carbonyl (C=O) groups excluding carboxylic acids is 3. The second-order valence-corrected chi connectivity index (χ2v) is 7.88. The number of nitrogens with one attached hydrogen (secondary N) is 1. The molecule has 1 N–H and O–H groups in total. The van der Waals surface area contributed by atoms with Crippen LogP contribution < -0.4 is 5.32 Å². The van der Waals surface area contributed by atoms with E-state index in [1.165, 1.54) is 35.6 Å². The molecule has 1 aromatic heterocycles. The number of hydrogen-bond donors (Lipinski definition) is 1. The number of carbonyl (C=O) groups is 3. The molecule has 1 saturated heterocycles. The number of rotatable bonds is 6. The molecule has 144 valence electrons. The Morgan fingerprint density at radius 3 is 2.79 bits per heavy atom. The summed E-state index contributed by atoms with van der Waals surface area (Å²) in [6, 6.07) is 7.54. The Labute approximate surface area is 172 Å². The van der Waals surface area contributed by atoms with Crippen LogP contribution in [0.2, 0.25) is 5.02 Å². The first-order valence-corrected chi connectivity index (χ1v) is 9.95. The third-order valence-electron chi connectivity index (χ3n) is 3.70. The number of nitro benzene ring substituents is 1. The fourth-order valence-corrected chi connectivity index (χ4v) is 4.07. The summed E-state index contributed by atoms with van der Waals surface area (Å²) in [5, 5.41) is 14.9. The van der Waals surface area contributed by atoms with Gasteiger partial charge < -0.3 is 5.32 Å². The molecule has 2 aromatic rings. The summed E-state index contributed by atoms with van der Waals surface area (Å²) in [7, 11) is 0. The zero-order valence-corrected chi connectivity index (χ0v) is 16.5. The van der Waals surface area contributed by atoms with Crippen molar-refractivity contribution in [3.8, 4) is 0 Å². The van der Waals surface area contributed by atoms with E-state index in [9.17, 15) is 24.5 Å². The fourth-order valence-electron chi connectivity index (χ4n) is 2.38. The van der Waals surface area contributed by atoms with Crippen LogP contribution in [0, 0.1) is 10.1 Å². The van der Waals surface area contributed by atoms with Gasteiger partial charge in [-0.1, -0.05) is 23.7 Å². The zero-order chi connectivity index (χ0) is 20.3. The number of nitro groups is 1. The largest absolute Gasteiger partial charge is 0.350 e. The lowest BCUT2D eigenvalue weighted by molar-refractivity contribution is -0.384. The first-order valence-electron chi connectivity index (χ1n) is 7.88. The second kappa shape index (κ2) is 8.55. The first kappa shape index (κ1) is 20.1. The van der Waals surface area contributed by atoms with Gasteiger partial charge in [-0.05, 0) is 40.9 Å². The second-order valence-electron chi connectivity index (χ2n) is 5.53. The van der Waals surface area contributed by atoms with Crippen LogP contribution in [0.5, 0.6) is 0 Å². The highest BCUT2D eigenvalue weighted by Gasteiger charge is 2.34. The third-order valence-corrected chi connectivity index (χ3v) is 5.80. The third kappa shape index (κ3) is 4.41. The number of imide groups is 1. The van der Waals surface area contributed by atoms with Crippen LogP contribution in [0.15, 0.2) is 40.6 Å². The molecule has 0 unspecified atom stereocenters. The van der Waals surface area contributed by atoms with Crippen LogP contribution in [0.25, 0.3) is 6.08 Å². The molecule has 0 bridgehead atoms. The standard InChI is InChI=1S/C17H12ClN3O5S2/c18-11-4-3-10(8-12(11)21(25)26)9-14-16(23)20(17(24)28-14)6-5-19-15(22)13-2-1-7-27-13/h1-4,7-9H,5-6H2,(H,19,22)/b14-9-. The van der Waals surface area contributed by atoms with Gasteiger partial charge in [-0.15, -0.1) is 11.3 Å². The van der Waals surface area contributed by atoms with E-state index in [-0.39, 0.29) is 34.6 Å². The maximum absolute atomic E-state index is 12.5. The molecule has 1 aliphatic heterocycles. The Morgan fingerprint density at radius 2 is 2.11 bits per heavy atom. The van der Waals surface area contributed by atoms with Gasteiger partial charge in [0.25, 0.3) is 22.7 Å². The number of nitrogens with zero attached hydrogens (tertiary/aromatic N) is 2. The van der Waals surface area contributed by atoms with Crippen molar-refractivity contribution in [2.75, 3.05) is 13.1 Å². The van der Waals surface area contributed by atoms with Crippen molar-refractivity contribution in [1.29, 1.82) is 0 Å². The highest BCUT2D eigenvalue weighted by molar-refractivity contribution is 8.18. The molecule has 1 fully saturated rings. The van der Waals surface area contributed by atoms with Gasteiger partial charge >= 0.3 is 0 Å². The van der Waals surface area contributed by atoms with Gasteiger partial charge in [-0.3, -0.25) is 29.4 Å². The SMILES string of the molecule is O=C(NCCN1C(=O)S/C(=C\c2ccc(Cl)c([N+](=O)[O-])c2)C1=O)c1cccs1. The molecule has 1 aromatic carbocycles. The molecule has 0 radical (unpaired) electrons. The van der Waals surface area contributed by atoms with Crippen LogP contribution in [0.1, 0.15) is 15.2 Å². The predicted octanol–water partition coefficient (Wildman–Crippen LogP) is 3.78. The molecule has 8 nitrogen and oxygen atoms in total. The Bertz CT molecular complexity index is 991. The molecule has 0 saturated carbocycles. The molecule has 2 heterocycles. The maximum atomic E-state index is 12.5. The van der Waals surface area contributed by atoms with Crippen molar-refractivity contribution in [2.45, 2.75) is 0 Å². The van der Waals surface area contributed by atoms with Crippen molar-refractivity contribution in [1.82, 2.24) is 10.2 Å². The van der Waals surface area contributed by atoms with Crippen LogP contribution in [-0.4, -0.2) is 40.0 Å². The van der Waals surface area contributed by atoms with Crippen molar-refractivity contribution >= 4 is 63.5 Å². The number of hydrogen-bond acceptors (Lipinski definition) is 7. The van der Waals surface area contributed by atoms with E-state index in [0.29, 0.717) is 10.4 Å². The lowest BCUT2D eigenvalue weighted by Crippen LogP contribution is -2.37. The van der Waals surface area contributed by atoms with Gasteiger partial charge in [0.15, 0.2) is 0 Å². The summed E-state index contributed by atoms with van der Waals surface area (Å²) in [6.45, 7) is 0.147. The lowest BCUT2D eigenvalue weighted by atomic mass is 10.2. The van der Waals surface area contributed by atoms with Gasteiger partial charge in [-0.25, -0.2) is 0 Å². The summed E-state index contributed by atoms with van der Waals surface area (Å²) < 4.78 is 0. The smallest absolute Gasteiger partial charge is 0.293 e. The maximum Gasteiger partial charge on any atom is 0.293 e. The lowest BCUT2D eigenvalue weighted by Gasteiger charge is -2.12. The van der Waals surface area contributed by atoms with E-state index in [1.807, 2.05) is 0 Å². The topological polar surface area (TPSA) is 110 Å². The normalized spacial score (nSPS) is 15.3. The molecule has 1 aliphatic rings. The van der Waals surface area contributed by atoms with E-state index < -0.39 is 16.1 Å². The van der Waals surface area contributed by atoms with Gasteiger partial charge in [0.2, 0.25) is 0 Å². The van der Waals surface area contributed by atoms with Crippen molar-refractivity contribution in [2.24, 2.45) is 0 Å². The quantitative estimate of drug-likeness (QED) is 0.418. The van der Waals surface area contributed by atoms with Crippen LogP contribution in [-0.2, 0) is 4.79 Å². The van der Waals surface area contributed by atoms with Crippen molar-refractivity contribution in [3.63, 3.8) is 0 Å². The minimum atomic E-state index is -0.623. The number of thiophene rings is 1. The van der Waals surface area contributed by atoms with Crippen LogP contribution in [0.4, 0.5) is 10.5 Å². The average molecular weight is 438 g/mol. The average Bonchev–Trinajstić information content (AvgIpc) is 3.27. The monoisotopic (exact) mass is 437 g/mol. The number of benzene rings is 1. The Hall–Kier alpha value is -2.69. The molecule has 0 aliphatic carbocycles. The number of thioether (sulfide) groups is 1. The van der Waals surface area contributed by atoms with E-state index in [4.69, 9.17) is 11.6 Å². The Balaban J connectivity index is 1.66. The summed E-state index contributed by atoms with van der Waals surface area (Å²) in [4.78, 5) is 48.5. The van der Waals surface area contributed by atoms with E-state index in [1.54, 1.807) is 17.5 Å². The van der Waals surface area contributed by atoms with Gasteiger partial charge in [-0.2, -0.15) is 0 Å². The predicted molar refractivity (Wildman–Crippen MR) is 107 cm³/mol. The summed E-state index contributed by atoms with van der Waals surface area (Å²) in [5.74, 6) is -0.788. The van der Waals surface area contributed by atoms with Crippen molar-refractivity contribution in [3.05, 3.63) is 66.2 Å². The number of halogens is 1. The summed E-state index contributed by atoms with van der Waals surface area (Å²) in [5.41, 5.74) is 0.0959. The molecular weight excluding hydrogens is 426 g/mol. The minimum Gasteiger partial charge on any atom is -0.350 e. The van der Waals surface area contributed by atoms with Crippen LogP contribution in [0.3, 0.4) is 0 Å². The Morgan fingerprint density at radius 1 is 1.32 bits per heavy atom. The first-order chi connectivity index (χ1) is 13.4. The highest BCUT2D eigenvalue weighted by atomic mass is 35.5. The molecule has 28 heavy (non-hydrogen) atoms. The van der Waals surface area contributed by atoms with Gasteiger partial charge in [0.05, 0.1) is 14.7 Å². The summed E-state index contributed by atoms with van der Waals surface area (Å²) in [6.07, 6.45) is 1.40.